The van der Waals surface area contributed by atoms with E-state index in [9.17, 15) is 13.5 Å². The minimum Gasteiger partial charge on any atom is -0.508 e. The second-order valence-corrected chi connectivity index (χ2v) is 6.04. The molecule has 0 bridgehead atoms. The van der Waals surface area contributed by atoms with Crippen LogP contribution in [0.4, 0.5) is 5.69 Å². The molecule has 5 nitrogen and oxygen atoms in total. The van der Waals surface area contributed by atoms with Crippen molar-refractivity contribution < 1.29 is 13.5 Å². The Morgan fingerprint density at radius 3 is 2.50 bits per heavy atom. The zero-order chi connectivity index (χ0) is 13.9. The van der Waals surface area contributed by atoms with Gasteiger partial charge in [-0.15, -0.1) is 0 Å². The van der Waals surface area contributed by atoms with E-state index < -0.39 is 10.2 Å². The lowest BCUT2D eigenvalue weighted by molar-refractivity contribution is 0.475. The van der Waals surface area contributed by atoms with Gasteiger partial charge in [-0.05, 0) is 39.3 Å². The molecule has 0 radical (unpaired) electrons. The zero-order valence-corrected chi connectivity index (χ0v) is 12.0. The molecular formula is C12H20N2O3S. The first kappa shape index (κ1) is 14.8. The summed E-state index contributed by atoms with van der Waals surface area (Å²) in [5.41, 5.74) is 1.29. The summed E-state index contributed by atoms with van der Waals surface area (Å²) in [6, 6.07) is 4.51. The highest BCUT2D eigenvalue weighted by molar-refractivity contribution is 7.90. The quantitative estimate of drug-likeness (QED) is 0.858. The van der Waals surface area contributed by atoms with Crippen LogP contribution in [0.2, 0.25) is 0 Å². The van der Waals surface area contributed by atoms with E-state index in [4.69, 9.17) is 0 Å². The fraction of sp³-hybridized carbons (Fsp3) is 0.500. The highest BCUT2D eigenvalue weighted by atomic mass is 32.2. The van der Waals surface area contributed by atoms with Gasteiger partial charge in [0.2, 0.25) is 0 Å². The Morgan fingerprint density at radius 2 is 2.00 bits per heavy atom. The Balaban J connectivity index is 3.21. The van der Waals surface area contributed by atoms with Crippen LogP contribution in [0.15, 0.2) is 18.2 Å². The molecule has 0 unspecified atom stereocenters. The number of hydrogen-bond donors (Lipinski definition) is 2. The van der Waals surface area contributed by atoms with Gasteiger partial charge >= 0.3 is 10.2 Å². The van der Waals surface area contributed by atoms with E-state index in [-0.39, 0.29) is 11.8 Å². The van der Waals surface area contributed by atoms with Crippen LogP contribution in [0, 0.1) is 6.92 Å². The Hall–Kier alpha value is -1.27. The molecule has 18 heavy (non-hydrogen) atoms. The fourth-order valence-corrected chi connectivity index (χ4v) is 3.22. The van der Waals surface area contributed by atoms with Gasteiger partial charge < -0.3 is 5.11 Å². The topological polar surface area (TPSA) is 69.6 Å². The van der Waals surface area contributed by atoms with Crippen LogP contribution in [0.3, 0.4) is 0 Å². The number of aromatic hydroxyl groups is 1. The van der Waals surface area contributed by atoms with E-state index in [1.54, 1.807) is 26.8 Å². The number of hydrogen-bond acceptors (Lipinski definition) is 3. The number of rotatable bonds is 5. The van der Waals surface area contributed by atoms with Crippen LogP contribution in [-0.2, 0) is 10.2 Å². The summed E-state index contributed by atoms with van der Waals surface area (Å²) in [5, 5.41) is 9.49. The van der Waals surface area contributed by atoms with Crippen molar-refractivity contribution in [3.05, 3.63) is 23.8 Å². The van der Waals surface area contributed by atoms with E-state index in [1.165, 1.54) is 16.4 Å². The predicted molar refractivity (Wildman–Crippen MR) is 73.1 cm³/mol. The largest absolute Gasteiger partial charge is 0.508 e. The van der Waals surface area contributed by atoms with Crippen LogP contribution in [-0.4, -0.2) is 26.1 Å². The smallest absolute Gasteiger partial charge is 0.301 e. The third-order valence-corrected chi connectivity index (χ3v) is 4.23. The summed E-state index contributed by atoms with van der Waals surface area (Å²) < 4.78 is 28.1. The van der Waals surface area contributed by atoms with Gasteiger partial charge in [-0.3, -0.25) is 4.31 Å². The number of phenols is 1. The average molecular weight is 272 g/mol. The van der Waals surface area contributed by atoms with Gasteiger partial charge in [0.05, 0.1) is 5.69 Å². The maximum absolute atomic E-state index is 12.2. The third-order valence-electron chi connectivity index (χ3n) is 2.42. The monoisotopic (exact) mass is 272 g/mol. The first-order valence-electron chi connectivity index (χ1n) is 5.87. The Morgan fingerprint density at radius 1 is 1.39 bits per heavy atom. The van der Waals surface area contributed by atoms with Crippen molar-refractivity contribution in [2.45, 2.75) is 33.7 Å². The molecule has 102 valence electrons. The van der Waals surface area contributed by atoms with E-state index >= 15 is 0 Å². The van der Waals surface area contributed by atoms with Crippen LogP contribution >= 0.6 is 0 Å². The summed E-state index contributed by atoms with van der Waals surface area (Å²) in [6.07, 6.45) is 0. The SMILES string of the molecule is CCN(c1cc(O)ccc1C)S(=O)(=O)NC(C)C. The van der Waals surface area contributed by atoms with Crippen molar-refractivity contribution in [3.8, 4) is 5.75 Å². The van der Waals surface area contributed by atoms with Crippen molar-refractivity contribution in [1.29, 1.82) is 0 Å². The molecule has 0 aliphatic rings. The molecule has 0 atom stereocenters. The van der Waals surface area contributed by atoms with Crippen molar-refractivity contribution in [2.75, 3.05) is 10.8 Å². The molecule has 1 rings (SSSR count). The van der Waals surface area contributed by atoms with Crippen molar-refractivity contribution in [3.63, 3.8) is 0 Å². The molecule has 0 saturated heterocycles. The molecule has 6 heteroatoms. The zero-order valence-electron chi connectivity index (χ0n) is 11.1. The third kappa shape index (κ3) is 3.36. The van der Waals surface area contributed by atoms with Crippen molar-refractivity contribution in [1.82, 2.24) is 4.72 Å². The number of aryl methyl sites for hydroxylation is 1. The predicted octanol–water partition coefficient (Wildman–Crippen LogP) is 1.77. The molecule has 0 saturated carbocycles. The number of nitrogens with zero attached hydrogens (tertiary/aromatic N) is 1. The molecule has 1 aromatic rings. The van der Waals surface area contributed by atoms with Crippen LogP contribution in [0.1, 0.15) is 26.3 Å². The molecule has 0 spiro atoms. The van der Waals surface area contributed by atoms with Crippen molar-refractivity contribution in [2.24, 2.45) is 0 Å². The molecule has 0 aliphatic carbocycles. The summed E-state index contributed by atoms with van der Waals surface area (Å²) in [5.74, 6) is 0.0498. The highest BCUT2D eigenvalue weighted by Gasteiger charge is 2.23. The van der Waals surface area contributed by atoms with E-state index in [1.807, 2.05) is 6.92 Å². The maximum atomic E-state index is 12.2. The molecule has 0 heterocycles. The molecule has 0 fully saturated rings. The van der Waals surface area contributed by atoms with Crippen LogP contribution < -0.4 is 9.03 Å². The molecular weight excluding hydrogens is 252 g/mol. The van der Waals surface area contributed by atoms with Gasteiger partial charge in [-0.1, -0.05) is 6.07 Å². The second kappa shape index (κ2) is 5.58. The van der Waals surface area contributed by atoms with Gasteiger partial charge in [0, 0.05) is 18.7 Å². The fourth-order valence-electron chi connectivity index (χ4n) is 1.70. The van der Waals surface area contributed by atoms with Crippen LogP contribution in [0.25, 0.3) is 0 Å². The summed E-state index contributed by atoms with van der Waals surface area (Å²) in [6.45, 7) is 7.39. The standard InChI is InChI=1S/C12H20N2O3S/c1-5-14(18(16,17)13-9(2)3)12-8-11(15)7-6-10(12)4/h6-9,13,15H,5H2,1-4H3. The van der Waals surface area contributed by atoms with Gasteiger partial charge in [0.1, 0.15) is 5.75 Å². The van der Waals surface area contributed by atoms with Crippen LogP contribution in [0.5, 0.6) is 5.75 Å². The highest BCUT2D eigenvalue weighted by Crippen LogP contribution is 2.26. The molecule has 2 N–H and O–H groups in total. The molecule has 0 amide bonds. The minimum absolute atomic E-state index is 0.0498. The second-order valence-electron chi connectivity index (χ2n) is 4.41. The van der Waals surface area contributed by atoms with Gasteiger partial charge in [0.15, 0.2) is 0 Å². The van der Waals surface area contributed by atoms with E-state index in [0.29, 0.717) is 12.2 Å². The Kier molecular flexibility index (Phi) is 4.59. The number of nitrogens with one attached hydrogen (secondary N) is 1. The van der Waals surface area contributed by atoms with Gasteiger partial charge in [0.25, 0.3) is 0 Å². The van der Waals surface area contributed by atoms with E-state index in [2.05, 4.69) is 4.72 Å². The molecule has 1 aromatic carbocycles. The maximum Gasteiger partial charge on any atom is 0.301 e. The Labute approximate surface area is 109 Å². The van der Waals surface area contributed by atoms with Gasteiger partial charge in [-0.2, -0.15) is 13.1 Å². The molecule has 0 aromatic heterocycles. The normalized spacial score (nSPS) is 11.8. The lowest BCUT2D eigenvalue weighted by Gasteiger charge is -2.25. The summed E-state index contributed by atoms with van der Waals surface area (Å²) in [7, 11) is -3.59. The lowest BCUT2D eigenvalue weighted by Crippen LogP contribution is -2.43. The summed E-state index contributed by atoms with van der Waals surface area (Å²) in [4.78, 5) is 0. The minimum atomic E-state index is -3.59. The van der Waals surface area contributed by atoms with E-state index in [0.717, 1.165) is 5.56 Å². The summed E-state index contributed by atoms with van der Waals surface area (Å²) >= 11 is 0. The van der Waals surface area contributed by atoms with Crippen molar-refractivity contribution >= 4 is 15.9 Å². The average Bonchev–Trinajstić information content (AvgIpc) is 2.21. The number of phenolic OH excluding ortho intramolecular Hbond substituents is 1. The number of benzene rings is 1. The number of anilines is 1. The first-order chi connectivity index (χ1) is 8.27. The van der Waals surface area contributed by atoms with Gasteiger partial charge in [-0.25, -0.2) is 0 Å². The Bertz CT molecular complexity index is 512. The molecule has 0 aliphatic heterocycles. The first-order valence-corrected chi connectivity index (χ1v) is 7.31. The lowest BCUT2D eigenvalue weighted by atomic mass is 10.2.